The second kappa shape index (κ2) is 6.25. The van der Waals surface area contributed by atoms with Crippen LogP contribution in [0.5, 0.6) is 0 Å². The third-order valence-corrected chi connectivity index (χ3v) is 5.86. The summed E-state index contributed by atoms with van der Waals surface area (Å²) >= 11 is 0. The first kappa shape index (κ1) is 18.5. The number of nitrogens with zero attached hydrogens (tertiary/aromatic N) is 1. The Labute approximate surface area is 140 Å². The summed E-state index contributed by atoms with van der Waals surface area (Å²) in [7, 11) is 0. The normalized spacial score (nSPS) is 31.0. The molecule has 2 fully saturated rings. The van der Waals surface area contributed by atoms with Crippen molar-refractivity contribution >= 4 is 6.09 Å². The van der Waals surface area contributed by atoms with Gasteiger partial charge in [-0.3, -0.25) is 0 Å². The molecule has 2 rings (SSSR count). The molecule has 1 heterocycles. The number of aliphatic hydroxyl groups is 1. The van der Waals surface area contributed by atoms with Gasteiger partial charge in [-0.05, 0) is 58.3 Å². The summed E-state index contributed by atoms with van der Waals surface area (Å²) in [5, 5.41) is 11.1. The molecule has 134 valence electrons. The topological polar surface area (TPSA) is 75.8 Å². The molecule has 3 N–H and O–H groups in total. The highest BCUT2D eigenvalue weighted by molar-refractivity contribution is 5.69. The second-order valence-electron chi connectivity index (χ2n) is 8.93. The van der Waals surface area contributed by atoms with Gasteiger partial charge in [-0.15, -0.1) is 0 Å². The Morgan fingerprint density at radius 1 is 1.30 bits per heavy atom. The van der Waals surface area contributed by atoms with Gasteiger partial charge < -0.3 is 20.5 Å². The first-order valence-corrected chi connectivity index (χ1v) is 8.92. The molecule has 1 aliphatic heterocycles. The van der Waals surface area contributed by atoms with Gasteiger partial charge in [0.05, 0.1) is 13.1 Å². The molecule has 5 heteroatoms. The van der Waals surface area contributed by atoms with Crippen LogP contribution >= 0.6 is 0 Å². The van der Waals surface area contributed by atoms with Crippen LogP contribution in [0.25, 0.3) is 0 Å². The number of amides is 1. The van der Waals surface area contributed by atoms with Crippen molar-refractivity contribution in [2.45, 2.75) is 71.5 Å². The molecule has 1 aliphatic carbocycles. The van der Waals surface area contributed by atoms with Crippen LogP contribution in [-0.2, 0) is 4.74 Å². The summed E-state index contributed by atoms with van der Waals surface area (Å²) in [4.78, 5) is 13.7. The first-order valence-electron chi connectivity index (χ1n) is 8.92. The van der Waals surface area contributed by atoms with Crippen molar-refractivity contribution in [2.75, 3.05) is 19.6 Å². The van der Waals surface area contributed by atoms with E-state index in [4.69, 9.17) is 10.5 Å². The van der Waals surface area contributed by atoms with Crippen molar-refractivity contribution in [3.63, 3.8) is 0 Å². The fourth-order valence-electron chi connectivity index (χ4n) is 4.10. The summed E-state index contributed by atoms with van der Waals surface area (Å²) in [5.74, 6) is 1.40. The molecule has 23 heavy (non-hydrogen) atoms. The van der Waals surface area contributed by atoms with Crippen molar-refractivity contribution in [2.24, 2.45) is 23.0 Å². The zero-order valence-electron chi connectivity index (χ0n) is 15.4. The third-order valence-electron chi connectivity index (χ3n) is 5.86. The van der Waals surface area contributed by atoms with Crippen molar-refractivity contribution in [3.05, 3.63) is 0 Å². The van der Waals surface area contributed by atoms with E-state index in [0.717, 1.165) is 31.6 Å². The van der Waals surface area contributed by atoms with Crippen molar-refractivity contribution < 1.29 is 14.6 Å². The Morgan fingerprint density at radius 3 is 2.22 bits per heavy atom. The van der Waals surface area contributed by atoms with Crippen LogP contribution in [0.4, 0.5) is 4.79 Å². The second-order valence-corrected chi connectivity index (χ2v) is 8.93. The fourth-order valence-corrected chi connectivity index (χ4v) is 4.10. The number of β-amino-alcohol motifs (C(OH)–C–C–N with tert-alkyl or cyclic N) is 1. The van der Waals surface area contributed by atoms with Gasteiger partial charge in [-0.25, -0.2) is 4.79 Å². The van der Waals surface area contributed by atoms with Gasteiger partial charge >= 0.3 is 6.09 Å². The highest BCUT2D eigenvalue weighted by Gasteiger charge is 2.58. The van der Waals surface area contributed by atoms with Crippen molar-refractivity contribution in [1.82, 2.24) is 4.90 Å². The van der Waals surface area contributed by atoms with Gasteiger partial charge in [-0.2, -0.15) is 0 Å². The van der Waals surface area contributed by atoms with Crippen LogP contribution in [0.2, 0.25) is 0 Å². The molecule has 0 atom stereocenters. The van der Waals surface area contributed by atoms with Crippen LogP contribution < -0.4 is 5.73 Å². The molecular weight excluding hydrogens is 292 g/mol. The lowest BCUT2D eigenvalue weighted by Crippen LogP contribution is -2.73. The number of hydrogen-bond donors (Lipinski definition) is 2. The number of rotatable bonds is 3. The van der Waals surface area contributed by atoms with Gasteiger partial charge in [0, 0.05) is 12.0 Å². The number of ether oxygens (including phenoxy) is 1. The summed E-state index contributed by atoms with van der Waals surface area (Å²) in [6.45, 7) is 11.3. The van der Waals surface area contributed by atoms with Crippen LogP contribution in [0.15, 0.2) is 0 Å². The lowest BCUT2D eigenvalue weighted by Gasteiger charge is -2.58. The molecule has 5 nitrogen and oxygen atoms in total. The fraction of sp³-hybridized carbons (Fsp3) is 0.944. The van der Waals surface area contributed by atoms with E-state index in [2.05, 4.69) is 13.8 Å². The molecule has 0 radical (unpaired) electrons. The minimum atomic E-state index is -0.861. The van der Waals surface area contributed by atoms with Crippen LogP contribution in [0.3, 0.4) is 0 Å². The van der Waals surface area contributed by atoms with E-state index in [9.17, 15) is 9.90 Å². The molecular formula is C18H34N2O3. The average Bonchev–Trinajstić information content (AvgIpc) is 2.41. The molecule has 0 aromatic rings. The maximum Gasteiger partial charge on any atom is 0.410 e. The van der Waals surface area contributed by atoms with E-state index in [1.54, 1.807) is 4.90 Å². The SMILES string of the molecule is CC(C)C1CCC(CN)(C2(O)CN(C(=O)OC(C)(C)C)C2)CC1. The number of carbonyl (C=O) groups excluding carboxylic acids is 1. The zero-order valence-corrected chi connectivity index (χ0v) is 15.4. The zero-order chi connectivity index (χ0) is 17.5. The maximum atomic E-state index is 12.1. The van der Waals surface area contributed by atoms with Crippen LogP contribution in [-0.4, -0.2) is 46.9 Å². The monoisotopic (exact) mass is 326 g/mol. The minimum absolute atomic E-state index is 0.253. The Hall–Kier alpha value is -0.810. The maximum absolute atomic E-state index is 12.1. The van der Waals surface area contributed by atoms with E-state index >= 15 is 0 Å². The molecule has 1 saturated heterocycles. The highest BCUT2D eigenvalue weighted by Crippen LogP contribution is 2.50. The predicted molar refractivity (Wildman–Crippen MR) is 91.0 cm³/mol. The highest BCUT2D eigenvalue weighted by atomic mass is 16.6. The van der Waals surface area contributed by atoms with Gasteiger partial charge in [-0.1, -0.05) is 13.8 Å². The Balaban J connectivity index is 1.97. The summed E-state index contributed by atoms with van der Waals surface area (Å²) in [6.07, 6.45) is 3.79. The largest absolute Gasteiger partial charge is 0.444 e. The van der Waals surface area contributed by atoms with Gasteiger partial charge in [0.25, 0.3) is 0 Å². The number of carbonyl (C=O) groups is 1. The van der Waals surface area contributed by atoms with E-state index < -0.39 is 11.2 Å². The van der Waals surface area contributed by atoms with E-state index in [1.165, 1.54) is 0 Å². The Kier molecular flexibility index (Phi) is 5.03. The first-order chi connectivity index (χ1) is 10.5. The van der Waals surface area contributed by atoms with Crippen molar-refractivity contribution in [3.8, 4) is 0 Å². The Morgan fingerprint density at radius 2 is 1.83 bits per heavy atom. The molecule has 0 spiro atoms. The number of nitrogens with two attached hydrogens (primary N) is 1. The molecule has 0 aromatic heterocycles. The number of hydrogen-bond acceptors (Lipinski definition) is 4. The smallest absolute Gasteiger partial charge is 0.410 e. The quantitative estimate of drug-likeness (QED) is 0.836. The van der Waals surface area contributed by atoms with Crippen LogP contribution in [0.1, 0.15) is 60.3 Å². The molecule has 2 aliphatic rings. The summed E-state index contributed by atoms with van der Waals surface area (Å²) < 4.78 is 5.38. The van der Waals surface area contributed by atoms with Crippen molar-refractivity contribution in [1.29, 1.82) is 0 Å². The minimum Gasteiger partial charge on any atom is -0.444 e. The molecule has 0 aromatic carbocycles. The molecule has 0 bridgehead atoms. The average molecular weight is 326 g/mol. The molecule has 1 saturated carbocycles. The predicted octanol–water partition coefficient (Wildman–Crippen LogP) is 2.76. The molecule has 1 amide bonds. The summed E-state index contributed by atoms with van der Waals surface area (Å²) in [5.41, 5.74) is 4.46. The summed E-state index contributed by atoms with van der Waals surface area (Å²) in [6, 6.07) is 0. The lowest BCUT2D eigenvalue weighted by molar-refractivity contribution is -0.184. The van der Waals surface area contributed by atoms with Crippen LogP contribution in [0, 0.1) is 17.3 Å². The standard InChI is InChI=1S/C18H34N2O3/c1-13(2)14-6-8-17(10-19,9-7-14)18(22)11-20(12-18)15(21)23-16(3,4)5/h13-14,22H,6-12,19H2,1-5H3. The third kappa shape index (κ3) is 3.66. The van der Waals surface area contributed by atoms with Gasteiger partial charge in [0.15, 0.2) is 0 Å². The van der Waals surface area contributed by atoms with E-state index in [0.29, 0.717) is 25.6 Å². The Bertz CT molecular complexity index is 428. The van der Waals surface area contributed by atoms with Gasteiger partial charge in [0.2, 0.25) is 0 Å². The van der Waals surface area contributed by atoms with Gasteiger partial charge in [0.1, 0.15) is 11.2 Å². The van der Waals surface area contributed by atoms with E-state index in [-0.39, 0.29) is 11.5 Å². The molecule has 0 unspecified atom stereocenters. The lowest BCUT2D eigenvalue weighted by atomic mass is 9.58. The number of likely N-dealkylation sites (tertiary alicyclic amines) is 1. The van der Waals surface area contributed by atoms with E-state index in [1.807, 2.05) is 20.8 Å².